The molecule has 2 aromatic carbocycles. The predicted octanol–water partition coefficient (Wildman–Crippen LogP) is 3.98. The maximum absolute atomic E-state index is 14.7. The van der Waals surface area contributed by atoms with Crippen molar-refractivity contribution in [3.05, 3.63) is 42.5 Å². The number of ether oxygens (including phenoxy) is 1. The molecule has 4 rings (SSSR count). The number of hydrogen-bond donors (Lipinski definition) is 0. The highest BCUT2D eigenvalue weighted by atomic mass is 19.1. The van der Waals surface area contributed by atoms with Crippen LogP contribution < -0.4 is 4.90 Å². The van der Waals surface area contributed by atoms with E-state index in [0.717, 1.165) is 22.9 Å². The second-order valence-electron chi connectivity index (χ2n) is 7.96. The van der Waals surface area contributed by atoms with E-state index in [-0.39, 0.29) is 31.7 Å². The Balaban J connectivity index is 1.41. The largest absolute Gasteiger partial charge is 0.457 e. The molecule has 1 unspecified atom stereocenters. The van der Waals surface area contributed by atoms with Crippen LogP contribution in [-0.2, 0) is 19.1 Å². The van der Waals surface area contributed by atoms with Crippen molar-refractivity contribution in [2.75, 3.05) is 18.1 Å². The van der Waals surface area contributed by atoms with E-state index in [4.69, 9.17) is 4.74 Å². The number of alkyl halides is 1. The minimum atomic E-state index is -1.88. The van der Waals surface area contributed by atoms with Gasteiger partial charge in [0.15, 0.2) is 12.3 Å². The topological polar surface area (TPSA) is 63.7 Å². The summed E-state index contributed by atoms with van der Waals surface area (Å²) in [5.74, 6) is -2.10. The lowest BCUT2D eigenvalue weighted by Gasteiger charge is -2.27. The molecule has 2 fully saturated rings. The highest BCUT2D eigenvalue weighted by Gasteiger charge is 2.41. The van der Waals surface area contributed by atoms with Crippen molar-refractivity contribution >= 4 is 34.1 Å². The van der Waals surface area contributed by atoms with Gasteiger partial charge in [-0.2, -0.15) is 0 Å². The third-order valence-corrected chi connectivity index (χ3v) is 6.01. The summed E-state index contributed by atoms with van der Waals surface area (Å²) in [5, 5.41) is 1.94. The zero-order valence-electron chi connectivity index (χ0n) is 16.2. The second kappa shape index (κ2) is 7.93. The lowest BCUT2D eigenvalue weighted by atomic mass is 9.83. The van der Waals surface area contributed by atoms with Crippen molar-refractivity contribution < 1.29 is 23.5 Å². The van der Waals surface area contributed by atoms with Crippen LogP contribution in [0.1, 0.15) is 38.5 Å². The van der Waals surface area contributed by atoms with Crippen LogP contribution >= 0.6 is 0 Å². The Hall–Kier alpha value is -2.76. The first-order valence-corrected chi connectivity index (χ1v) is 10.1. The molecule has 2 aliphatic rings. The summed E-state index contributed by atoms with van der Waals surface area (Å²) < 4.78 is 19.8. The van der Waals surface area contributed by atoms with Gasteiger partial charge in [-0.25, -0.2) is 4.39 Å². The number of rotatable bonds is 5. The van der Waals surface area contributed by atoms with Crippen LogP contribution in [-0.4, -0.2) is 36.5 Å². The highest BCUT2D eigenvalue weighted by Crippen LogP contribution is 2.34. The Kier molecular flexibility index (Phi) is 5.35. The van der Waals surface area contributed by atoms with E-state index in [1.165, 1.54) is 0 Å². The summed E-state index contributed by atoms with van der Waals surface area (Å²) in [6.07, 6.45) is 2.69. The van der Waals surface area contributed by atoms with Crippen molar-refractivity contribution in [1.82, 2.24) is 0 Å². The second-order valence-corrected chi connectivity index (χ2v) is 7.96. The van der Waals surface area contributed by atoms with Gasteiger partial charge in [-0.05, 0) is 37.1 Å². The molecule has 1 aliphatic heterocycles. The molecule has 0 spiro atoms. The molecular weight excluding hydrogens is 373 g/mol. The fourth-order valence-corrected chi connectivity index (χ4v) is 4.32. The van der Waals surface area contributed by atoms with Crippen molar-refractivity contribution in [3.8, 4) is 0 Å². The van der Waals surface area contributed by atoms with Crippen molar-refractivity contribution in [1.29, 1.82) is 0 Å². The first-order valence-electron chi connectivity index (χ1n) is 10.1. The molecule has 5 nitrogen and oxygen atoms in total. The SMILES string of the molecule is O=C(OCC(=O)C1(F)CCCCC1)C1CC(=O)N(c2cccc3ccccc23)C1. The van der Waals surface area contributed by atoms with E-state index in [9.17, 15) is 18.8 Å². The molecule has 1 atom stereocenters. The zero-order valence-corrected chi connectivity index (χ0v) is 16.2. The number of anilines is 1. The molecule has 29 heavy (non-hydrogen) atoms. The Bertz CT molecular complexity index is 946. The molecule has 2 aromatic rings. The molecule has 1 saturated heterocycles. The molecule has 0 aromatic heterocycles. The number of benzene rings is 2. The third-order valence-electron chi connectivity index (χ3n) is 6.01. The van der Waals surface area contributed by atoms with Gasteiger partial charge in [0, 0.05) is 18.4 Å². The Morgan fingerprint density at radius 1 is 1.07 bits per heavy atom. The highest BCUT2D eigenvalue weighted by molar-refractivity contribution is 6.06. The minimum absolute atomic E-state index is 0.0248. The van der Waals surface area contributed by atoms with Gasteiger partial charge in [-0.3, -0.25) is 14.4 Å². The summed E-state index contributed by atoms with van der Waals surface area (Å²) in [6.45, 7) is -0.366. The predicted molar refractivity (Wildman–Crippen MR) is 107 cm³/mol. The molecule has 0 radical (unpaired) electrons. The van der Waals surface area contributed by atoms with Crippen molar-refractivity contribution in [2.24, 2.45) is 5.92 Å². The van der Waals surface area contributed by atoms with Crippen LogP contribution in [0.25, 0.3) is 10.8 Å². The molecule has 1 amide bonds. The summed E-state index contributed by atoms with van der Waals surface area (Å²) >= 11 is 0. The van der Waals surface area contributed by atoms with E-state index in [2.05, 4.69) is 0 Å². The number of carbonyl (C=O) groups is 3. The van der Waals surface area contributed by atoms with Crippen LogP contribution in [0.15, 0.2) is 42.5 Å². The van der Waals surface area contributed by atoms with E-state index < -0.39 is 29.9 Å². The van der Waals surface area contributed by atoms with E-state index >= 15 is 0 Å². The number of esters is 1. The number of amides is 1. The molecule has 152 valence electrons. The monoisotopic (exact) mass is 397 g/mol. The van der Waals surface area contributed by atoms with Gasteiger partial charge in [-0.1, -0.05) is 42.8 Å². The maximum Gasteiger partial charge on any atom is 0.311 e. The normalized spacial score (nSPS) is 21.3. The number of nitrogens with zero attached hydrogens (tertiary/aromatic N) is 1. The fourth-order valence-electron chi connectivity index (χ4n) is 4.32. The van der Waals surface area contributed by atoms with Gasteiger partial charge in [-0.15, -0.1) is 0 Å². The number of Topliss-reactive ketones (excluding diaryl/α,β-unsaturated/α-hetero) is 1. The number of halogens is 1. The van der Waals surface area contributed by atoms with Crippen LogP contribution in [0.3, 0.4) is 0 Å². The summed E-state index contributed by atoms with van der Waals surface area (Å²) in [6, 6.07) is 13.4. The maximum atomic E-state index is 14.7. The van der Waals surface area contributed by atoms with E-state index in [1.807, 2.05) is 42.5 Å². The van der Waals surface area contributed by atoms with Crippen LogP contribution in [0.5, 0.6) is 0 Å². The first-order chi connectivity index (χ1) is 14.0. The summed E-state index contributed by atoms with van der Waals surface area (Å²) in [7, 11) is 0. The Morgan fingerprint density at radius 3 is 2.59 bits per heavy atom. The van der Waals surface area contributed by atoms with Crippen LogP contribution in [0.4, 0.5) is 10.1 Å². The van der Waals surface area contributed by atoms with Crippen LogP contribution in [0, 0.1) is 5.92 Å². The quantitative estimate of drug-likeness (QED) is 0.716. The van der Waals surface area contributed by atoms with Gasteiger partial charge < -0.3 is 9.64 Å². The smallest absolute Gasteiger partial charge is 0.311 e. The van der Waals surface area contributed by atoms with Crippen LogP contribution in [0.2, 0.25) is 0 Å². The van der Waals surface area contributed by atoms with E-state index in [0.29, 0.717) is 12.8 Å². The molecular formula is C23H24FNO4. The lowest BCUT2D eigenvalue weighted by molar-refractivity contribution is -0.155. The first kappa shape index (κ1) is 19.6. The molecule has 0 bridgehead atoms. The average molecular weight is 397 g/mol. The van der Waals surface area contributed by atoms with Gasteiger partial charge in [0.25, 0.3) is 0 Å². The third kappa shape index (κ3) is 3.88. The number of fused-ring (bicyclic) bond motifs is 1. The fraction of sp³-hybridized carbons (Fsp3) is 0.435. The van der Waals surface area contributed by atoms with Gasteiger partial charge >= 0.3 is 5.97 Å². The number of hydrogen-bond acceptors (Lipinski definition) is 4. The number of carbonyl (C=O) groups excluding carboxylic acids is 3. The van der Waals surface area contributed by atoms with Gasteiger partial charge in [0.05, 0.1) is 11.6 Å². The van der Waals surface area contributed by atoms with Gasteiger partial charge in [0.2, 0.25) is 11.7 Å². The molecule has 6 heteroatoms. The molecule has 0 N–H and O–H groups in total. The van der Waals surface area contributed by atoms with E-state index in [1.54, 1.807) is 4.90 Å². The van der Waals surface area contributed by atoms with Crippen molar-refractivity contribution in [2.45, 2.75) is 44.2 Å². The zero-order chi connectivity index (χ0) is 20.4. The molecule has 1 heterocycles. The standard InChI is InChI=1S/C23H24FNO4/c24-23(11-4-1-5-12-23)20(26)15-29-22(28)17-13-21(27)25(14-17)19-10-6-8-16-7-2-3-9-18(16)19/h2-3,6-10,17H,1,4-5,11-15H2. The van der Waals surface area contributed by atoms with Gasteiger partial charge in [0.1, 0.15) is 0 Å². The summed E-state index contributed by atoms with van der Waals surface area (Å²) in [4.78, 5) is 38.8. The lowest BCUT2D eigenvalue weighted by Crippen LogP contribution is -2.39. The molecule has 1 saturated carbocycles. The number of ketones is 1. The molecule has 1 aliphatic carbocycles. The Morgan fingerprint density at radius 2 is 1.79 bits per heavy atom. The Labute approximate surface area is 168 Å². The minimum Gasteiger partial charge on any atom is -0.457 e. The average Bonchev–Trinajstić information content (AvgIpc) is 3.13. The summed E-state index contributed by atoms with van der Waals surface area (Å²) in [5.41, 5.74) is -1.12. The van der Waals surface area contributed by atoms with Crippen molar-refractivity contribution in [3.63, 3.8) is 0 Å².